The third-order valence-electron chi connectivity index (χ3n) is 0.825. The van der Waals surface area contributed by atoms with Gasteiger partial charge in [0.15, 0.2) is 5.78 Å². The molecule has 0 aliphatic rings. The minimum absolute atomic E-state index is 0.217. The molecule has 0 saturated carbocycles. The van der Waals surface area contributed by atoms with E-state index in [1.54, 1.807) is 0 Å². The van der Waals surface area contributed by atoms with Crippen molar-refractivity contribution < 1.29 is 4.79 Å². The van der Waals surface area contributed by atoms with Crippen molar-refractivity contribution in [3.63, 3.8) is 0 Å². The first-order chi connectivity index (χ1) is 4.76. The van der Waals surface area contributed by atoms with Gasteiger partial charge in [0.1, 0.15) is 4.49 Å². The summed E-state index contributed by atoms with van der Waals surface area (Å²) in [5.74, 6) is -0.468. The van der Waals surface area contributed by atoms with E-state index < -0.39 is 9.58 Å². The van der Waals surface area contributed by atoms with Crippen LogP contribution in [0.3, 0.4) is 0 Å². The van der Waals surface area contributed by atoms with Gasteiger partial charge in [-0.3, -0.25) is 4.79 Å². The van der Waals surface area contributed by atoms with Gasteiger partial charge in [0.25, 0.3) is 0 Å². The van der Waals surface area contributed by atoms with E-state index in [0.717, 1.165) is 0 Å². The maximum absolute atomic E-state index is 10.8. The van der Waals surface area contributed by atoms with Gasteiger partial charge in [-0.2, -0.15) is 0 Å². The van der Waals surface area contributed by atoms with Crippen LogP contribution < -0.4 is 0 Å². The maximum atomic E-state index is 10.8. The largest absolute Gasteiger partial charge is 0.295 e. The lowest BCUT2D eigenvalue weighted by Gasteiger charge is -2.12. The average molecular weight is 256 g/mol. The number of hydrogen-bond acceptors (Lipinski definition) is 1. The van der Waals surface area contributed by atoms with Crippen molar-refractivity contribution in [2.75, 3.05) is 0 Å². The fourth-order valence-electron chi connectivity index (χ4n) is 0.440. The molecule has 6 heteroatoms. The molecule has 0 spiro atoms. The molecule has 11 heavy (non-hydrogen) atoms. The minimum Gasteiger partial charge on any atom is -0.295 e. The van der Waals surface area contributed by atoms with Crippen LogP contribution in [0.1, 0.15) is 6.92 Å². The molecule has 0 fully saturated rings. The van der Waals surface area contributed by atoms with Gasteiger partial charge in [-0.15, -0.1) is 0 Å². The Hall–Kier alpha value is 0.860. The summed E-state index contributed by atoms with van der Waals surface area (Å²) in [4.78, 5) is 10.8. The summed E-state index contributed by atoms with van der Waals surface area (Å²) >= 11 is 26.7. The molecule has 0 bridgehead atoms. The quantitative estimate of drug-likeness (QED) is 0.517. The number of hydrogen-bond donors (Lipinski definition) is 0. The molecule has 0 amide bonds. The second-order valence-corrected chi connectivity index (χ2v) is 4.92. The fourth-order valence-corrected chi connectivity index (χ4v) is 1.96. The Bertz CT molecular complexity index is 197. The summed E-state index contributed by atoms with van der Waals surface area (Å²) < 4.78 is -2.18. The van der Waals surface area contributed by atoms with Crippen LogP contribution in [0, 0.1) is 0 Å². The molecule has 0 aliphatic heterocycles. The van der Waals surface area contributed by atoms with Gasteiger partial charge in [0.05, 0.1) is 5.57 Å². The number of allylic oxidation sites excluding steroid dienone is 1. The lowest BCUT2D eigenvalue weighted by atomic mass is 10.2. The van der Waals surface area contributed by atoms with Crippen molar-refractivity contribution in [3.8, 4) is 0 Å². The van der Waals surface area contributed by atoms with Gasteiger partial charge >= 0.3 is 0 Å². The minimum atomic E-state index is -1.86. The summed E-state index contributed by atoms with van der Waals surface area (Å²) in [6.07, 6.45) is 0. The van der Waals surface area contributed by atoms with E-state index in [-0.39, 0.29) is 10.1 Å². The van der Waals surface area contributed by atoms with Crippen LogP contribution in [0.5, 0.6) is 0 Å². The van der Waals surface area contributed by atoms with Crippen LogP contribution in [-0.4, -0.2) is 9.58 Å². The topological polar surface area (TPSA) is 17.1 Å². The van der Waals surface area contributed by atoms with Gasteiger partial charge in [-0.1, -0.05) is 58.0 Å². The molecule has 1 nitrogen and oxygen atoms in total. The highest BCUT2D eigenvalue weighted by molar-refractivity contribution is 6.72. The summed E-state index contributed by atoms with van der Waals surface area (Å²) in [5.41, 5.74) is -0.217. The van der Waals surface area contributed by atoms with E-state index in [1.807, 2.05) is 0 Å². The standard InChI is InChI=1S/C5H3Cl5O/c1-2(11)3(4(6)7)5(8,9)10/h1H3. The maximum Gasteiger partial charge on any atom is 0.221 e. The number of carbonyl (C=O) groups is 1. The van der Waals surface area contributed by atoms with Crippen molar-refractivity contribution in [2.24, 2.45) is 0 Å². The lowest BCUT2D eigenvalue weighted by Crippen LogP contribution is -2.14. The molecule has 0 N–H and O–H groups in total. The number of Topliss-reactive ketones (excluding diaryl/α,β-unsaturated/α-hetero) is 1. The van der Waals surface area contributed by atoms with Crippen molar-refractivity contribution in [1.29, 1.82) is 0 Å². The second kappa shape index (κ2) is 4.20. The summed E-state index contributed by atoms with van der Waals surface area (Å²) in [6, 6.07) is 0. The molecule has 64 valence electrons. The molecule has 0 aromatic rings. The average Bonchev–Trinajstić information content (AvgIpc) is 1.54. The highest BCUT2D eigenvalue weighted by atomic mass is 35.6. The first-order valence-corrected chi connectivity index (χ1v) is 4.29. The predicted octanol–water partition coefficient (Wildman–Crippen LogP) is 3.63. The number of carbonyl (C=O) groups excluding carboxylic acids is 1. The predicted molar refractivity (Wildman–Crippen MR) is 49.7 cm³/mol. The zero-order valence-corrected chi connectivity index (χ0v) is 9.08. The molecule has 0 aliphatic carbocycles. The normalized spacial score (nSPS) is 11.1. The van der Waals surface area contributed by atoms with E-state index in [9.17, 15) is 4.79 Å². The van der Waals surface area contributed by atoms with Crippen molar-refractivity contribution in [3.05, 3.63) is 10.1 Å². The van der Waals surface area contributed by atoms with E-state index in [1.165, 1.54) is 6.92 Å². The second-order valence-electron chi connectivity index (χ2n) is 1.69. The molecule has 0 unspecified atom stereocenters. The van der Waals surface area contributed by atoms with E-state index in [4.69, 9.17) is 58.0 Å². The Morgan fingerprint density at radius 1 is 1.18 bits per heavy atom. The van der Waals surface area contributed by atoms with E-state index in [2.05, 4.69) is 0 Å². The third-order valence-corrected chi connectivity index (χ3v) is 1.77. The molecule has 0 aromatic carbocycles. The monoisotopic (exact) mass is 254 g/mol. The zero-order valence-electron chi connectivity index (χ0n) is 5.30. The van der Waals surface area contributed by atoms with Crippen LogP contribution in [0.4, 0.5) is 0 Å². The zero-order chi connectivity index (χ0) is 9.23. The molecule has 0 saturated heterocycles. The highest BCUT2D eigenvalue weighted by Crippen LogP contribution is 2.38. The van der Waals surface area contributed by atoms with E-state index in [0.29, 0.717) is 0 Å². The Balaban J connectivity index is 4.96. The Morgan fingerprint density at radius 2 is 1.55 bits per heavy atom. The SMILES string of the molecule is CC(=O)C(=C(Cl)Cl)C(Cl)(Cl)Cl. The molecule has 0 aromatic heterocycles. The van der Waals surface area contributed by atoms with Gasteiger partial charge in [-0.05, 0) is 6.92 Å². The summed E-state index contributed by atoms with van der Waals surface area (Å²) in [5, 5.41) is 0. The van der Waals surface area contributed by atoms with Crippen LogP contribution in [0.15, 0.2) is 10.1 Å². The van der Waals surface area contributed by atoms with Crippen molar-refractivity contribution in [2.45, 2.75) is 10.7 Å². The molecular formula is C5H3Cl5O. The lowest BCUT2D eigenvalue weighted by molar-refractivity contribution is -0.113. The van der Waals surface area contributed by atoms with Crippen LogP contribution in [-0.2, 0) is 4.79 Å². The fraction of sp³-hybridized carbons (Fsp3) is 0.400. The highest BCUT2D eigenvalue weighted by Gasteiger charge is 2.31. The number of ketones is 1. The number of halogens is 5. The van der Waals surface area contributed by atoms with E-state index >= 15 is 0 Å². The Morgan fingerprint density at radius 3 is 1.55 bits per heavy atom. The third kappa shape index (κ3) is 3.86. The number of rotatable bonds is 1. The van der Waals surface area contributed by atoms with Crippen LogP contribution in [0.2, 0.25) is 0 Å². The van der Waals surface area contributed by atoms with Crippen molar-refractivity contribution in [1.82, 2.24) is 0 Å². The molecule has 0 radical (unpaired) electrons. The summed E-state index contributed by atoms with van der Waals surface area (Å²) in [6.45, 7) is 1.21. The van der Waals surface area contributed by atoms with Gasteiger partial charge < -0.3 is 0 Å². The molecule has 0 heterocycles. The molecular weight excluding hydrogens is 253 g/mol. The van der Waals surface area contributed by atoms with Gasteiger partial charge in [0.2, 0.25) is 3.79 Å². The number of alkyl halides is 3. The van der Waals surface area contributed by atoms with Crippen LogP contribution in [0.25, 0.3) is 0 Å². The Labute approximate surface area is 89.2 Å². The first-order valence-electron chi connectivity index (χ1n) is 2.40. The summed E-state index contributed by atoms with van der Waals surface area (Å²) in [7, 11) is 0. The molecule has 0 rings (SSSR count). The Kier molecular flexibility index (Phi) is 4.53. The smallest absolute Gasteiger partial charge is 0.221 e. The van der Waals surface area contributed by atoms with Crippen molar-refractivity contribution >= 4 is 63.8 Å². The van der Waals surface area contributed by atoms with Gasteiger partial charge in [-0.25, -0.2) is 0 Å². The molecule has 0 atom stereocenters. The van der Waals surface area contributed by atoms with Crippen LogP contribution >= 0.6 is 58.0 Å². The first kappa shape index (κ1) is 11.9. The van der Waals surface area contributed by atoms with Gasteiger partial charge in [0, 0.05) is 0 Å².